The SMILES string of the molecule is C[C@@](CCC=O)(COCc1ccccc1)C(N)=O.Cl. The van der Waals surface area contributed by atoms with E-state index in [0.29, 0.717) is 19.4 Å². The Morgan fingerprint density at radius 3 is 2.53 bits per heavy atom. The van der Waals surface area contributed by atoms with Crippen LogP contribution >= 0.6 is 12.4 Å². The normalized spacial score (nSPS) is 13.1. The first-order valence-corrected chi connectivity index (χ1v) is 5.94. The van der Waals surface area contributed by atoms with Gasteiger partial charge in [-0.25, -0.2) is 0 Å². The lowest BCUT2D eigenvalue weighted by Crippen LogP contribution is -2.38. The number of carbonyl (C=O) groups is 2. The van der Waals surface area contributed by atoms with Crippen LogP contribution in [-0.4, -0.2) is 18.8 Å². The standard InChI is InChI=1S/C14H19NO3.ClH/c1-14(13(15)17,8-5-9-16)11-18-10-12-6-3-2-4-7-12;/h2-4,6-7,9H,5,8,10-11H2,1H3,(H2,15,17);1H/t14-;/m1./s1. The number of halogens is 1. The van der Waals surface area contributed by atoms with Gasteiger partial charge < -0.3 is 15.3 Å². The highest BCUT2D eigenvalue weighted by atomic mass is 35.5. The van der Waals surface area contributed by atoms with Gasteiger partial charge in [0.15, 0.2) is 0 Å². The molecule has 19 heavy (non-hydrogen) atoms. The Labute approximate surface area is 119 Å². The Morgan fingerprint density at radius 2 is 2.00 bits per heavy atom. The number of amides is 1. The van der Waals surface area contributed by atoms with Crippen molar-refractivity contribution in [2.75, 3.05) is 6.61 Å². The highest BCUT2D eigenvalue weighted by Gasteiger charge is 2.30. The summed E-state index contributed by atoms with van der Waals surface area (Å²) in [4.78, 5) is 21.8. The number of hydrogen-bond donors (Lipinski definition) is 1. The molecule has 1 atom stereocenters. The zero-order valence-electron chi connectivity index (χ0n) is 11.0. The molecule has 2 N–H and O–H groups in total. The molecule has 106 valence electrons. The number of nitrogens with two attached hydrogens (primary N) is 1. The Hall–Kier alpha value is -1.39. The zero-order valence-corrected chi connectivity index (χ0v) is 11.8. The number of primary amides is 1. The molecule has 0 spiro atoms. The van der Waals surface area contributed by atoms with E-state index in [1.54, 1.807) is 6.92 Å². The lowest BCUT2D eigenvalue weighted by Gasteiger charge is -2.24. The van der Waals surface area contributed by atoms with Gasteiger partial charge in [0.05, 0.1) is 18.6 Å². The second-order valence-corrected chi connectivity index (χ2v) is 4.61. The smallest absolute Gasteiger partial charge is 0.225 e. The maximum Gasteiger partial charge on any atom is 0.225 e. The van der Waals surface area contributed by atoms with E-state index in [0.717, 1.165) is 11.8 Å². The van der Waals surface area contributed by atoms with Crippen LogP contribution in [0.4, 0.5) is 0 Å². The van der Waals surface area contributed by atoms with Gasteiger partial charge in [-0.3, -0.25) is 4.79 Å². The molecule has 1 amide bonds. The van der Waals surface area contributed by atoms with Crippen LogP contribution in [-0.2, 0) is 20.9 Å². The molecule has 0 aliphatic carbocycles. The van der Waals surface area contributed by atoms with Crippen molar-refractivity contribution < 1.29 is 14.3 Å². The van der Waals surface area contributed by atoms with Gasteiger partial charge in [0.2, 0.25) is 5.91 Å². The fourth-order valence-corrected chi connectivity index (χ4v) is 1.61. The molecule has 0 unspecified atom stereocenters. The monoisotopic (exact) mass is 285 g/mol. The van der Waals surface area contributed by atoms with Crippen molar-refractivity contribution in [2.24, 2.45) is 11.1 Å². The van der Waals surface area contributed by atoms with E-state index in [4.69, 9.17) is 10.5 Å². The summed E-state index contributed by atoms with van der Waals surface area (Å²) in [7, 11) is 0. The fourth-order valence-electron chi connectivity index (χ4n) is 1.61. The van der Waals surface area contributed by atoms with Gasteiger partial charge in [-0.05, 0) is 18.9 Å². The second-order valence-electron chi connectivity index (χ2n) is 4.61. The number of rotatable bonds is 8. The van der Waals surface area contributed by atoms with E-state index in [9.17, 15) is 9.59 Å². The van der Waals surface area contributed by atoms with Crippen LogP contribution in [0.1, 0.15) is 25.3 Å². The predicted octanol–water partition coefficient (Wildman–Crippen LogP) is 2.10. The first-order chi connectivity index (χ1) is 8.58. The molecule has 0 radical (unpaired) electrons. The molecule has 0 heterocycles. The van der Waals surface area contributed by atoms with Crippen molar-refractivity contribution in [3.8, 4) is 0 Å². The summed E-state index contributed by atoms with van der Waals surface area (Å²) in [5.74, 6) is -0.433. The van der Waals surface area contributed by atoms with Crippen LogP contribution in [0.15, 0.2) is 30.3 Å². The van der Waals surface area contributed by atoms with Crippen molar-refractivity contribution in [2.45, 2.75) is 26.4 Å². The molecule has 5 heteroatoms. The number of benzene rings is 1. The summed E-state index contributed by atoms with van der Waals surface area (Å²) in [5.41, 5.74) is 5.62. The minimum absolute atomic E-state index is 0. The predicted molar refractivity (Wildman–Crippen MR) is 75.9 cm³/mol. The Morgan fingerprint density at radius 1 is 1.37 bits per heavy atom. The van der Waals surface area contributed by atoms with Crippen molar-refractivity contribution in [3.05, 3.63) is 35.9 Å². The first kappa shape index (κ1) is 17.6. The van der Waals surface area contributed by atoms with Crippen LogP contribution < -0.4 is 5.73 Å². The van der Waals surface area contributed by atoms with Gasteiger partial charge in [0, 0.05) is 6.42 Å². The van der Waals surface area contributed by atoms with Crippen molar-refractivity contribution in [1.29, 1.82) is 0 Å². The van der Waals surface area contributed by atoms with Gasteiger partial charge >= 0.3 is 0 Å². The molecule has 1 aromatic rings. The lowest BCUT2D eigenvalue weighted by atomic mass is 9.86. The Bertz CT molecular complexity index is 397. The van der Waals surface area contributed by atoms with E-state index in [1.807, 2.05) is 30.3 Å². The molecule has 0 aromatic heterocycles. The molecule has 0 fully saturated rings. The summed E-state index contributed by atoms with van der Waals surface area (Å²) in [5, 5.41) is 0. The van der Waals surface area contributed by atoms with E-state index in [-0.39, 0.29) is 19.0 Å². The summed E-state index contributed by atoms with van der Waals surface area (Å²) in [6.07, 6.45) is 1.52. The maximum absolute atomic E-state index is 11.4. The molecule has 0 saturated carbocycles. The average Bonchev–Trinajstić information content (AvgIpc) is 2.37. The summed E-state index contributed by atoms with van der Waals surface area (Å²) >= 11 is 0. The van der Waals surface area contributed by atoms with Crippen molar-refractivity contribution in [1.82, 2.24) is 0 Å². The van der Waals surface area contributed by atoms with Crippen molar-refractivity contribution >= 4 is 24.6 Å². The third kappa shape index (κ3) is 5.85. The molecule has 0 bridgehead atoms. The zero-order chi connectivity index (χ0) is 13.4. The highest BCUT2D eigenvalue weighted by Crippen LogP contribution is 2.23. The van der Waals surface area contributed by atoms with Gasteiger partial charge in [-0.1, -0.05) is 30.3 Å². The molecule has 4 nitrogen and oxygen atoms in total. The molecular formula is C14H20ClNO3. The van der Waals surface area contributed by atoms with E-state index >= 15 is 0 Å². The highest BCUT2D eigenvalue weighted by molar-refractivity contribution is 5.85. The fraction of sp³-hybridized carbons (Fsp3) is 0.429. The van der Waals surface area contributed by atoms with Crippen molar-refractivity contribution in [3.63, 3.8) is 0 Å². The largest absolute Gasteiger partial charge is 0.376 e. The summed E-state index contributed by atoms with van der Waals surface area (Å²) < 4.78 is 5.53. The molecular weight excluding hydrogens is 266 g/mol. The van der Waals surface area contributed by atoms with Crippen LogP contribution in [0.2, 0.25) is 0 Å². The van der Waals surface area contributed by atoms with E-state index in [2.05, 4.69) is 0 Å². The number of hydrogen-bond acceptors (Lipinski definition) is 3. The molecule has 0 aliphatic heterocycles. The average molecular weight is 286 g/mol. The lowest BCUT2D eigenvalue weighted by molar-refractivity contribution is -0.131. The van der Waals surface area contributed by atoms with Gasteiger partial charge in [0.25, 0.3) is 0 Å². The van der Waals surface area contributed by atoms with Crippen LogP contribution in [0, 0.1) is 5.41 Å². The van der Waals surface area contributed by atoms with Gasteiger partial charge in [0.1, 0.15) is 6.29 Å². The summed E-state index contributed by atoms with van der Waals surface area (Å²) in [6, 6.07) is 9.69. The van der Waals surface area contributed by atoms with Gasteiger partial charge in [-0.15, -0.1) is 12.4 Å². The molecule has 0 aliphatic rings. The molecule has 1 rings (SSSR count). The van der Waals surface area contributed by atoms with Crippen LogP contribution in [0.25, 0.3) is 0 Å². The summed E-state index contributed by atoms with van der Waals surface area (Å²) in [6.45, 7) is 2.39. The topological polar surface area (TPSA) is 69.4 Å². The van der Waals surface area contributed by atoms with Crippen LogP contribution in [0.3, 0.4) is 0 Å². The number of aldehydes is 1. The van der Waals surface area contributed by atoms with E-state index < -0.39 is 11.3 Å². The third-order valence-electron chi connectivity index (χ3n) is 2.94. The van der Waals surface area contributed by atoms with E-state index in [1.165, 1.54) is 0 Å². The minimum atomic E-state index is -0.782. The number of carbonyl (C=O) groups excluding carboxylic acids is 2. The molecule has 1 aromatic carbocycles. The van der Waals surface area contributed by atoms with Gasteiger partial charge in [-0.2, -0.15) is 0 Å². The third-order valence-corrected chi connectivity index (χ3v) is 2.94. The Kier molecular flexibility index (Phi) is 8.03. The number of ether oxygens (including phenoxy) is 1. The maximum atomic E-state index is 11.4. The second kappa shape index (κ2) is 8.67. The first-order valence-electron chi connectivity index (χ1n) is 5.94. The Balaban J connectivity index is 0.00000324. The quantitative estimate of drug-likeness (QED) is 0.744. The molecule has 0 saturated heterocycles. The van der Waals surface area contributed by atoms with Crippen LogP contribution in [0.5, 0.6) is 0 Å². The minimum Gasteiger partial charge on any atom is -0.376 e.